The van der Waals surface area contributed by atoms with Crippen LogP contribution in [-0.2, 0) is 9.47 Å². The minimum atomic E-state index is -0.732. The lowest BCUT2D eigenvalue weighted by molar-refractivity contribution is -0.0885. The quantitative estimate of drug-likeness (QED) is 0.394. The highest BCUT2D eigenvalue weighted by molar-refractivity contribution is 4.44. The molecule has 13 heavy (non-hydrogen) atoms. The maximum absolute atomic E-state index is 8.71. The minimum absolute atomic E-state index is 0.409. The van der Waals surface area contributed by atoms with Gasteiger partial charge in [0.25, 0.3) is 0 Å². The highest BCUT2D eigenvalue weighted by Crippen LogP contribution is 1.83. The van der Waals surface area contributed by atoms with Gasteiger partial charge in [-0.05, 0) is 13.8 Å². The molecule has 0 spiro atoms. The Morgan fingerprint density at radius 1 is 1.00 bits per heavy atom. The largest absolute Gasteiger partial charge is 0.368 e. The van der Waals surface area contributed by atoms with E-state index in [1.54, 1.807) is 13.8 Å². The van der Waals surface area contributed by atoms with Crippen molar-refractivity contribution in [1.82, 2.24) is 5.32 Å². The lowest BCUT2D eigenvalue weighted by atomic mass is 10.6. The molecule has 0 aromatic carbocycles. The summed E-state index contributed by atoms with van der Waals surface area (Å²) in [7, 11) is 0. The zero-order valence-corrected chi connectivity index (χ0v) is 8.14. The van der Waals surface area contributed by atoms with Crippen LogP contribution in [0.25, 0.3) is 0 Å². The fourth-order valence-corrected chi connectivity index (χ4v) is 0.687. The average molecular weight is 192 g/mol. The molecule has 5 heteroatoms. The number of hydrogen-bond acceptors (Lipinski definition) is 4. The van der Waals surface area contributed by atoms with Gasteiger partial charge in [0.1, 0.15) is 0 Å². The third-order valence-electron chi connectivity index (χ3n) is 1.22. The van der Waals surface area contributed by atoms with Crippen molar-refractivity contribution in [2.75, 3.05) is 26.3 Å². The minimum Gasteiger partial charge on any atom is -0.368 e. The molecular weight excluding hydrogens is 174 g/mol. The molecule has 0 heterocycles. The van der Waals surface area contributed by atoms with Gasteiger partial charge in [0.15, 0.2) is 12.6 Å². The van der Waals surface area contributed by atoms with Gasteiger partial charge in [0.05, 0.1) is 13.2 Å². The van der Waals surface area contributed by atoms with E-state index in [0.29, 0.717) is 26.3 Å². The normalized spacial score (nSPS) is 15.7. The van der Waals surface area contributed by atoms with Gasteiger partial charge in [-0.25, -0.2) is 5.32 Å². The van der Waals surface area contributed by atoms with Crippen LogP contribution in [0.5, 0.6) is 0 Å². The Balaban J connectivity index is 2.92. The molecule has 0 rings (SSSR count). The third-order valence-corrected chi connectivity index (χ3v) is 1.22. The van der Waals surface area contributed by atoms with E-state index < -0.39 is 12.6 Å². The molecule has 2 atom stereocenters. The summed E-state index contributed by atoms with van der Waals surface area (Å²) >= 11 is 0. The lowest BCUT2D eigenvalue weighted by Gasteiger charge is -2.07. The predicted octanol–water partition coefficient (Wildman–Crippen LogP) is -0.699. The maximum Gasteiger partial charge on any atom is 0.151 e. The van der Waals surface area contributed by atoms with Crippen LogP contribution in [0.2, 0.25) is 0 Å². The first-order chi connectivity index (χ1) is 6.13. The molecule has 2 unspecified atom stereocenters. The number of aliphatic hydroxyl groups excluding tert-OH is 2. The average Bonchev–Trinajstić information content (AvgIpc) is 2.01. The molecule has 0 aromatic heterocycles. The summed E-state index contributed by atoms with van der Waals surface area (Å²) in [4.78, 5) is 0. The molecule has 79 valence electrons. The summed E-state index contributed by atoms with van der Waals surface area (Å²) in [6, 6.07) is 0. The Bertz CT molecular complexity index is 96.3. The first kappa shape index (κ1) is 12.8. The second kappa shape index (κ2) is 8.40. The van der Waals surface area contributed by atoms with Crippen LogP contribution in [0.1, 0.15) is 13.8 Å². The van der Waals surface area contributed by atoms with E-state index in [1.807, 2.05) is 0 Å². The predicted molar refractivity (Wildman–Crippen MR) is 47.1 cm³/mol. The van der Waals surface area contributed by atoms with Crippen molar-refractivity contribution in [3.63, 3.8) is 0 Å². The number of rotatable bonds is 8. The molecule has 0 amide bonds. The van der Waals surface area contributed by atoms with Gasteiger partial charge in [0.2, 0.25) is 0 Å². The van der Waals surface area contributed by atoms with Crippen molar-refractivity contribution in [3.05, 3.63) is 0 Å². The molecule has 0 saturated carbocycles. The monoisotopic (exact) mass is 192 g/mol. The summed E-state index contributed by atoms with van der Waals surface area (Å²) in [5, 5.41) is 21.5. The Morgan fingerprint density at radius 2 is 1.38 bits per heavy atom. The number of aliphatic hydroxyl groups is 2. The molecule has 1 radical (unpaired) electrons. The van der Waals surface area contributed by atoms with Crippen LogP contribution in [0.4, 0.5) is 0 Å². The smallest absolute Gasteiger partial charge is 0.151 e. The van der Waals surface area contributed by atoms with E-state index in [2.05, 4.69) is 5.32 Å². The summed E-state index contributed by atoms with van der Waals surface area (Å²) in [5.74, 6) is 0. The van der Waals surface area contributed by atoms with Crippen LogP contribution in [0, 0.1) is 0 Å². The summed E-state index contributed by atoms with van der Waals surface area (Å²) in [6.45, 7) is 4.99. The van der Waals surface area contributed by atoms with Crippen molar-refractivity contribution in [3.8, 4) is 0 Å². The van der Waals surface area contributed by atoms with Gasteiger partial charge in [-0.3, -0.25) is 0 Å². The van der Waals surface area contributed by atoms with Crippen molar-refractivity contribution in [1.29, 1.82) is 0 Å². The molecule has 5 nitrogen and oxygen atoms in total. The van der Waals surface area contributed by atoms with E-state index in [9.17, 15) is 0 Å². The summed E-state index contributed by atoms with van der Waals surface area (Å²) in [6.07, 6.45) is -1.46. The van der Waals surface area contributed by atoms with Crippen LogP contribution < -0.4 is 5.32 Å². The Kier molecular flexibility index (Phi) is 8.27. The van der Waals surface area contributed by atoms with E-state index >= 15 is 0 Å². The summed E-state index contributed by atoms with van der Waals surface area (Å²) < 4.78 is 9.68. The molecule has 0 saturated heterocycles. The molecule has 0 aromatic rings. The van der Waals surface area contributed by atoms with E-state index in [1.165, 1.54) is 0 Å². The Hall–Kier alpha value is -0.200. The summed E-state index contributed by atoms with van der Waals surface area (Å²) in [5.41, 5.74) is 0. The Morgan fingerprint density at radius 3 is 1.69 bits per heavy atom. The molecule has 0 aliphatic carbocycles. The molecule has 0 bridgehead atoms. The lowest BCUT2D eigenvalue weighted by Crippen LogP contribution is -2.21. The second-order valence-electron chi connectivity index (χ2n) is 2.61. The SMILES string of the molecule is CC(O)OCC[N]CCOC(C)O. The topological polar surface area (TPSA) is 73.0 Å². The number of hydrogen-bond donors (Lipinski definition) is 2. The Labute approximate surface area is 78.7 Å². The zero-order chi connectivity index (χ0) is 10.1. The van der Waals surface area contributed by atoms with Crippen LogP contribution in [0.15, 0.2) is 0 Å². The first-order valence-corrected chi connectivity index (χ1v) is 4.35. The molecule has 2 N–H and O–H groups in total. The molecular formula is C8H18NO4. The third kappa shape index (κ3) is 11.8. The fourth-order valence-electron chi connectivity index (χ4n) is 0.687. The van der Waals surface area contributed by atoms with Gasteiger partial charge in [0, 0.05) is 13.1 Å². The van der Waals surface area contributed by atoms with Gasteiger partial charge in [-0.15, -0.1) is 0 Å². The van der Waals surface area contributed by atoms with Gasteiger partial charge in [-0.2, -0.15) is 0 Å². The molecule has 0 fully saturated rings. The highest BCUT2D eigenvalue weighted by Gasteiger charge is 1.96. The van der Waals surface area contributed by atoms with Gasteiger partial charge in [-0.1, -0.05) is 0 Å². The maximum atomic E-state index is 8.71. The molecule has 0 aliphatic heterocycles. The first-order valence-electron chi connectivity index (χ1n) is 4.35. The van der Waals surface area contributed by atoms with Crippen molar-refractivity contribution in [2.45, 2.75) is 26.4 Å². The highest BCUT2D eigenvalue weighted by atomic mass is 16.6. The van der Waals surface area contributed by atoms with E-state index in [0.717, 1.165) is 0 Å². The number of nitrogens with zero attached hydrogens (tertiary/aromatic N) is 1. The van der Waals surface area contributed by atoms with E-state index in [4.69, 9.17) is 19.7 Å². The van der Waals surface area contributed by atoms with Crippen LogP contribution in [0.3, 0.4) is 0 Å². The van der Waals surface area contributed by atoms with Gasteiger partial charge >= 0.3 is 0 Å². The zero-order valence-electron chi connectivity index (χ0n) is 8.14. The van der Waals surface area contributed by atoms with Crippen molar-refractivity contribution < 1.29 is 19.7 Å². The van der Waals surface area contributed by atoms with Crippen LogP contribution >= 0.6 is 0 Å². The van der Waals surface area contributed by atoms with Gasteiger partial charge < -0.3 is 19.7 Å². The standard InChI is InChI=1S/C8H18NO4/c1-7(10)12-5-3-9-4-6-13-8(2)11/h7-8,10-11H,3-6H2,1-2H3. The van der Waals surface area contributed by atoms with Crippen LogP contribution in [-0.4, -0.2) is 49.1 Å². The number of ether oxygens (including phenoxy) is 2. The second-order valence-corrected chi connectivity index (χ2v) is 2.61. The fraction of sp³-hybridized carbons (Fsp3) is 1.00. The van der Waals surface area contributed by atoms with E-state index in [-0.39, 0.29) is 0 Å². The van der Waals surface area contributed by atoms with Crippen molar-refractivity contribution in [2.24, 2.45) is 0 Å². The van der Waals surface area contributed by atoms with Crippen molar-refractivity contribution >= 4 is 0 Å². The molecule has 0 aliphatic rings.